The Hall–Kier alpha value is -2.67. The van der Waals surface area contributed by atoms with Gasteiger partial charge in [0.2, 0.25) is 5.91 Å². The highest BCUT2D eigenvalue weighted by molar-refractivity contribution is 9.10. The highest BCUT2D eigenvalue weighted by Gasteiger charge is 2.57. The number of benzene rings is 2. The molecular weight excluding hydrogens is 474 g/mol. The molecule has 7 heteroatoms. The zero-order valence-electron chi connectivity index (χ0n) is 18.2. The maximum absolute atomic E-state index is 13.5. The van der Waals surface area contributed by atoms with Gasteiger partial charge in [0.25, 0.3) is 0 Å². The molecule has 4 rings (SSSR count). The minimum Gasteiger partial charge on any atom is -0.469 e. The Morgan fingerprint density at radius 1 is 1.09 bits per heavy atom. The van der Waals surface area contributed by atoms with Crippen molar-refractivity contribution >= 4 is 39.5 Å². The fourth-order valence-electron chi connectivity index (χ4n) is 5.10. The molecule has 0 aromatic heterocycles. The molecule has 2 aromatic carbocycles. The number of ether oxygens (including phenoxy) is 2. The van der Waals surface area contributed by atoms with Crippen molar-refractivity contribution in [3.63, 3.8) is 0 Å². The highest BCUT2D eigenvalue weighted by atomic mass is 79.9. The second-order valence-corrected chi connectivity index (χ2v) is 9.54. The number of nitrogens with one attached hydrogen (secondary N) is 1. The zero-order valence-corrected chi connectivity index (χ0v) is 19.7. The minimum atomic E-state index is -1.17. The molecule has 2 aromatic rings. The lowest BCUT2D eigenvalue weighted by Crippen LogP contribution is -2.51. The smallest absolute Gasteiger partial charge is 0.324 e. The maximum atomic E-state index is 13.5. The number of hydrogen-bond donors (Lipinski definition) is 1. The lowest BCUT2D eigenvalue weighted by atomic mass is 9.59. The van der Waals surface area contributed by atoms with Crippen LogP contribution in [0.4, 0.5) is 5.69 Å². The van der Waals surface area contributed by atoms with E-state index in [1.54, 1.807) is 24.3 Å². The summed E-state index contributed by atoms with van der Waals surface area (Å²) in [5, 5.41) is 2.85. The summed E-state index contributed by atoms with van der Waals surface area (Å²) in [6.45, 7) is 1.96. The molecule has 0 spiro atoms. The Morgan fingerprint density at radius 3 is 2.44 bits per heavy atom. The van der Waals surface area contributed by atoms with Crippen molar-refractivity contribution < 1.29 is 23.9 Å². The van der Waals surface area contributed by atoms with E-state index >= 15 is 0 Å². The number of hydrogen-bond acceptors (Lipinski definition) is 5. The number of carbonyl (C=O) groups excluding carboxylic acids is 3. The Labute approximate surface area is 195 Å². The van der Waals surface area contributed by atoms with Gasteiger partial charge in [-0.1, -0.05) is 52.9 Å². The van der Waals surface area contributed by atoms with Crippen molar-refractivity contribution in [2.75, 3.05) is 12.4 Å². The van der Waals surface area contributed by atoms with Crippen LogP contribution in [0.15, 0.2) is 46.9 Å². The third-order valence-electron chi connectivity index (χ3n) is 6.64. The third-order valence-corrected chi connectivity index (χ3v) is 7.13. The molecular formula is C25H26BrNO5. The van der Waals surface area contributed by atoms with Crippen molar-refractivity contribution in [2.24, 2.45) is 11.3 Å². The van der Waals surface area contributed by atoms with Gasteiger partial charge in [-0.2, -0.15) is 0 Å². The molecule has 2 atom stereocenters. The molecule has 1 fully saturated rings. The van der Waals surface area contributed by atoms with Gasteiger partial charge in [-0.05, 0) is 50.1 Å². The average molecular weight is 500 g/mol. The normalized spacial score (nSPS) is 21.8. The summed E-state index contributed by atoms with van der Waals surface area (Å²) < 4.78 is 11.6. The number of methoxy groups -OCH3 is 1. The standard InChI is InChI=1S/C25H26BrNO5/c1-15-6-9-17(10-7-15)27-22(28)20-21(25(24(30)31-2)12-4-3-5-13-25)18-14-16(26)8-11-19(18)32-23(20)29/h6-11,14,20-21H,3-5,12-13H2,1-2H3,(H,27,28)/t20-,21-/m1/s1. The molecule has 2 aliphatic rings. The van der Waals surface area contributed by atoms with E-state index in [-0.39, 0.29) is 5.97 Å². The summed E-state index contributed by atoms with van der Waals surface area (Å²) in [7, 11) is 1.36. The zero-order chi connectivity index (χ0) is 22.9. The first-order chi connectivity index (χ1) is 15.4. The van der Waals surface area contributed by atoms with Crippen molar-refractivity contribution in [1.29, 1.82) is 0 Å². The highest BCUT2D eigenvalue weighted by Crippen LogP contribution is 2.55. The topological polar surface area (TPSA) is 81.7 Å². The van der Waals surface area contributed by atoms with Gasteiger partial charge in [0.1, 0.15) is 11.7 Å². The van der Waals surface area contributed by atoms with Crippen LogP contribution in [0.5, 0.6) is 5.75 Å². The predicted molar refractivity (Wildman–Crippen MR) is 123 cm³/mol. The molecule has 1 saturated carbocycles. The van der Waals surface area contributed by atoms with Gasteiger partial charge in [-0.3, -0.25) is 14.4 Å². The van der Waals surface area contributed by atoms with Crippen LogP contribution < -0.4 is 10.1 Å². The van der Waals surface area contributed by atoms with E-state index in [4.69, 9.17) is 9.47 Å². The Morgan fingerprint density at radius 2 is 1.78 bits per heavy atom. The van der Waals surface area contributed by atoms with Crippen molar-refractivity contribution in [3.8, 4) is 5.75 Å². The fraction of sp³-hybridized carbons (Fsp3) is 0.400. The molecule has 32 heavy (non-hydrogen) atoms. The lowest BCUT2D eigenvalue weighted by molar-refractivity contribution is -0.162. The van der Waals surface area contributed by atoms with Gasteiger partial charge in [0, 0.05) is 21.6 Å². The Bertz CT molecular complexity index is 1040. The molecule has 0 bridgehead atoms. The number of halogens is 1. The summed E-state index contributed by atoms with van der Waals surface area (Å²) >= 11 is 3.49. The largest absolute Gasteiger partial charge is 0.469 e. The number of rotatable bonds is 4. The van der Waals surface area contributed by atoms with Gasteiger partial charge in [0.15, 0.2) is 0 Å². The number of amides is 1. The Kier molecular flexibility index (Phi) is 6.38. The number of fused-ring (bicyclic) bond motifs is 1. The van der Waals surface area contributed by atoms with E-state index in [0.29, 0.717) is 29.8 Å². The van der Waals surface area contributed by atoms with Crippen molar-refractivity contribution in [1.82, 2.24) is 0 Å². The fourth-order valence-corrected chi connectivity index (χ4v) is 5.48. The van der Waals surface area contributed by atoms with Crippen LogP contribution in [0.1, 0.15) is 49.1 Å². The average Bonchev–Trinajstić information content (AvgIpc) is 2.79. The van der Waals surface area contributed by atoms with Gasteiger partial charge in [0.05, 0.1) is 12.5 Å². The summed E-state index contributed by atoms with van der Waals surface area (Å²) in [6, 6.07) is 12.7. The molecule has 1 aliphatic carbocycles. The van der Waals surface area contributed by atoms with Crippen LogP contribution in [0.25, 0.3) is 0 Å². The quantitative estimate of drug-likeness (QED) is 0.357. The Balaban J connectivity index is 1.82. The molecule has 0 radical (unpaired) electrons. The maximum Gasteiger partial charge on any atom is 0.324 e. The predicted octanol–water partition coefficient (Wildman–Crippen LogP) is 5.14. The second kappa shape index (κ2) is 9.06. The van der Waals surface area contributed by atoms with Gasteiger partial charge in [-0.25, -0.2) is 0 Å². The molecule has 1 aliphatic heterocycles. The molecule has 0 saturated heterocycles. The monoisotopic (exact) mass is 499 g/mol. The molecule has 6 nitrogen and oxygen atoms in total. The van der Waals surface area contributed by atoms with Crippen molar-refractivity contribution in [2.45, 2.75) is 44.9 Å². The van der Waals surface area contributed by atoms with Gasteiger partial charge in [-0.15, -0.1) is 0 Å². The van der Waals surface area contributed by atoms with E-state index < -0.39 is 29.1 Å². The molecule has 1 N–H and O–H groups in total. The van der Waals surface area contributed by atoms with E-state index in [0.717, 1.165) is 29.3 Å². The molecule has 168 valence electrons. The second-order valence-electron chi connectivity index (χ2n) is 8.62. The third kappa shape index (κ3) is 4.06. The van der Waals surface area contributed by atoms with E-state index in [1.807, 2.05) is 25.1 Å². The lowest BCUT2D eigenvalue weighted by Gasteiger charge is -2.45. The first-order valence-corrected chi connectivity index (χ1v) is 11.6. The SMILES string of the molecule is COC(=O)C1([C@@H]2c3cc(Br)ccc3OC(=O)[C@H]2C(=O)Nc2ccc(C)cc2)CCCCC1. The number of aryl methyl sites for hydroxylation is 1. The number of anilines is 1. The summed E-state index contributed by atoms with van der Waals surface area (Å²) in [5.41, 5.74) is 1.35. The first-order valence-electron chi connectivity index (χ1n) is 10.8. The van der Waals surface area contributed by atoms with Crippen LogP contribution >= 0.6 is 15.9 Å². The van der Waals surface area contributed by atoms with Crippen LogP contribution in [-0.4, -0.2) is 25.0 Å². The van der Waals surface area contributed by atoms with Gasteiger partial charge < -0.3 is 14.8 Å². The first kappa shape index (κ1) is 22.5. The van der Waals surface area contributed by atoms with E-state index in [1.165, 1.54) is 7.11 Å². The molecule has 0 unspecified atom stereocenters. The number of esters is 2. The van der Waals surface area contributed by atoms with Crippen LogP contribution in [0, 0.1) is 18.3 Å². The summed E-state index contributed by atoms with van der Waals surface area (Å²) in [5.74, 6) is -2.98. The van der Waals surface area contributed by atoms with E-state index in [2.05, 4.69) is 21.2 Å². The molecule has 1 amide bonds. The van der Waals surface area contributed by atoms with Crippen molar-refractivity contribution in [3.05, 3.63) is 58.1 Å². The minimum absolute atomic E-state index is 0.379. The van der Waals surface area contributed by atoms with E-state index in [9.17, 15) is 14.4 Å². The van der Waals surface area contributed by atoms with Crippen LogP contribution in [0.3, 0.4) is 0 Å². The summed E-state index contributed by atoms with van der Waals surface area (Å²) in [6.07, 6.45) is 3.77. The molecule has 1 heterocycles. The number of carbonyl (C=O) groups is 3. The van der Waals surface area contributed by atoms with Crippen LogP contribution in [-0.2, 0) is 19.1 Å². The van der Waals surface area contributed by atoms with Crippen LogP contribution in [0.2, 0.25) is 0 Å². The van der Waals surface area contributed by atoms with Gasteiger partial charge >= 0.3 is 11.9 Å². The summed E-state index contributed by atoms with van der Waals surface area (Å²) in [4.78, 5) is 39.9.